The predicted molar refractivity (Wildman–Crippen MR) is 99.8 cm³/mol. The molecule has 0 unspecified atom stereocenters. The molecule has 3 aliphatic rings. The molecular weight excluding hydrogens is 346 g/mol. The Morgan fingerprint density at radius 1 is 0.963 bits per heavy atom. The number of hydrogen-bond donors (Lipinski definition) is 1. The number of urea groups is 1. The molecule has 7 nitrogen and oxygen atoms in total. The van der Waals surface area contributed by atoms with Gasteiger partial charge in [0.2, 0.25) is 12.7 Å². The van der Waals surface area contributed by atoms with Crippen LogP contribution in [0, 0.1) is 0 Å². The molecule has 1 aromatic carbocycles. The average molecular weight is 373 g/mol. The predicted octanol–water partition coefficient (Wildman–Crippen LogP) is 2.14. The van der Waals surface area contributed by atoms with Crippen LogP contribution in [-0.4, -0.2) is 60.8 Å². The van der Waals surface area contributed by atoms with Gasteiger partial charge in [0, 0.05) is 32.2 Å². The van der Waals surface area contributed by atoms with Crippen molar-refractivity contribution < 1.29 is 19.1 Å². The van der Waals surface area contributed by atoms with E-state index in [0.717, 1.165) is 30.6 Å². The third-order valence-electron chi connectivity index (χ3n) is 5.61. The lowest BCUT2D eigenvalue weighted by atomic mass is 10.1. The van der Waals surface area contributed by atoms with Crippen molar-refractivity contribution in [2.75, 3.05) is 33.0 Å². The summed E-state index contributed by atoms with van der Waals surface area (Å²) in [6, 6.07) is 5.98. The minimum Gasteiger partial charge on any atom is -0.454 e. The lowest BCUT2D eigenvalue weighted by molar-refractivity contribution is -0.130. The van der Waals surface area contributed by atoms with Crippen LogP contribution < -0.4 is 14.8 Å². The quantitative estimate of drug-likeness (QED) is 0.881. The Balaban J connectivity index is 1.29. The molecule has 27 heavy (non-hydrogen) atoms. The number of carbonyl (C=O) groups excluding carboxylic acids is 2. The summed E-state index contributed by atoms with van der Waals surface area (Å²) < 4.78 is 10.7. The van der Waals surface area contributed by atoms with Crippen molar-refractivity contribution in [3.8, 4) is 11.5 Å². The molecule has 2 fully saturated rings. The standard InChI is InChI=1S/C20H27N3O4/c24-19(13-15-6-7-17-18(12-15)27-14-26-17)22-8-3-9-23(11-10-22)20(25)21-16-4-1-2-5-16/h6-7,12,16H,1-5,8-11,13-14H2,(H,21,25). The molecule has 1 N–H and O–H groups in total. The van der Waals surface area contributed by atoms with Crippen LogP contribution in [0.2, 0.25) is 0 Å². The maximum atomic E-state index is 12.7. The zero-order valence-electron chi connectivity index (χ0n) is 15.6. The molecule has 0 bridgehead atoms. The summed E-state index contributed by atoms with van der Waals surface area (Å²) >= 11 is 0. The summed E-state index contributed by atoms with van der Waals surface area (Å²) in [4.78, 5) is 28.9. The monoisotopic (exact) mass is 373 g/mol. The van der Waals surface area contributed by atoms with Gasteiger partial charge < -0.3 is 24.6 Å². The Kier molecular flexibility index (Phi) is 5.36. The molecule has 1 aromatic rings. The fourth-order valence-corrected chi connectivity index (χ4v) is 4.04. The van der Waals surface area contributed by atoms with E-state index in [0.29, 0.717) is 44.4 Å². The molecule has 0 spiro atoms. The summed E-state index contributed by atoms with van der Waals surface area (Å²) in [7, 11) is 0. The zero-order chi connectivity index (χ0) is 18.6. The summed E-state index contributed by atoms with van der Waals surface area (Å²) in [5, 5.41) is 3.14. The topological polar surface area (TPSA) is 71.1 Å². The molecule has 146 valence electrons. The van der Waals surface area contributed by atoms with Crippen LogP contribution in [0.25, 0.3) is 0 Å². The van der Waals surface area contributed by atoms with Gasteiger partial charge in [0.15, 0.2) is 11.5 Å². The Morgan fingerprint density at radius 3 is 2.56 bits per heavy atom. The molecule has 7 heteroatoms. The van der Waals surface area contributed by atoms with Crippen LogP contribution in [0.15, 0.2) is 18.2 Å². The number of amides is 3. The first-order valence-electron chi connectivity index (χ1n) is 9.91. The van der Waals surface area contributed by atoms with Gasteiger partial charge in [-0.2, -0.15) is 0 Å². The summed E-state index contributed by atoms with van der Waals surface area (Å²) in [5.41, 5.74) is 0.921. The third kappa shape index (κ3) is 4.28. The van der Waals surface area contributed by atoms with Gasteiger partial charge in [-0.3, -0.25) is 4.79 Å². The van der Waals surface area contributed by atoms with E-state index in [-0.39, 0.29) is 18.7 Å². The van der Waals surface area contributed by atoms with E-state index in [1.165, 1.54) is 12.8 Å². The second-order valence-corrected chi connectivity index (χ2v) is 7.52. The van der Waals surface area contributed by atoms with Crippen LogP contribution >= 0.6 is 0 Å². The van der Waals surface area contributed by atoms with Crippen molar-refractivity contribution >= 4 is 11.9 Å². The van der Waals surface area contributed by atoms with Crippen LogP contribution in [0.3, 0.4) is 0 Å². The largest absolute Gasteiger partial charge is 0.454 e. The van der Waals surface area contributed by atoms with E-state index in [1.54, 1.807) is 0 Å². The van der Waals surface area contributed by atoms with Crippen LogP contribution in [0.5, 0.6) is 11.5 Å². The number of fused-ring (bicyclic) bond motifs is 1. The minimum absolute atomic E-state index is 0.0203. The van der Waals surface area contributed by atoms with Crippen molar-refractivity contribution in [3.63, 3.8) is 0 Å². The maximum Gasteiger partial charge on any atom is 0.317 e. The summed E-state index contributed by atoms with van der Waals surface area (Å²) in [5.74, 6) is 1.52. The van der Waals surface area contributed by atoms with Gasteiger partial charge >= 0.3 is 6.03 Å². The van der Waals surface area contributed by atoms with E-state index in [1.807, 2.05) is 28.0 Å². The molecule has 3 amide bonds. The van der Waals surface area contributed by atoms with Gasteiger partial charge in [-0.1, -0.05) is 18.9 Å². The summed E-state index contributed by atoms with van der Waals surface area (Å²) in [6.07, 6.45) is 5.72. The highest BCUT2D eigenvalue weighted by atomic mass is 16.7. The summed E-state index contributed by atoms with van der Waals surface area (Å²) in [6.45, 7) is 2.80. The molecule has 0 radical (unpaired) electrons. The SMILES string of the molecule is O=C(Cc1ccc2c(c1)OCO2)N1CCCN(C(=O)NC2CCCC2)CC1. The Hall–Kier alpha value is -2.44. The Labute approximate surface area is 159 Å². The molecule has 4 rings (SSSR count). The molecule has 1 aliphatic carbocycles. The van der Waals surface area contributed by atoms with Crippen LogP contribution in [-0.2, 0) is 11.2 Å². The van der Waals surface area contributed by atoms with Gasteiger partial charge in [-0.05, 0) is 37.0 Å². The first kappa shape index (κ1) is 17.9. The Bertz CT molecular complexity index is 702. The fourth-order valence-electron chi connectivity index (χ4n) is 4.04. The molecule has 0 atom stereocenters. The molecule has 2 heterocycles. The number of benzene rings is 1. The van der Waals surface area contributed by atoms with Gasteiger partial charge in [0.05, 0.1) is 6.42 Å². The van der Waals surface area contributed by atoms with Crippen LogP contribution in [0.1, 0.15) is 37.7 Å². The van der Waals surface area contributed by atoms with Crippen molar-refractivity contribution in [1.82, 2.24) is 15.1 Å². The van der Waals surface area contributed by atoms with E-state index in [4.69, 9.17) is 9.47 Å². The van der Waals surface area contributed by atoms with Gasteiger partial charge in [0.1, 0.15) is 0 Å². The smallest absolute Gasteiger partial charge is 0.317 e. The van der Waals surface area contributed by atoms with Gasteiger partial charge in [-0.15, -0.1) is 0 Å². The first-order valence-corrected chi connectivity index (χ1v) is 9.91. The number of carbonyl (C=O) groups is 2. The number of nitrogens with one attached hydrogen (secondary N) is 1. The van der Waals surface area contributed by atoms with Crippen molar-refractivity contribution in [2.45, 2.75) is 44.6 Å². The highest BCUT2D eigenvalue weighted by Crippen LogP contribution is 2.32. The third-order valence-corrected chi connectivity index (χ3v) is 5.61. The first-order chi connectivity index (χ1) is 13.2. The highest BCUT2D eigenvalue weighted by molar-refractivity contribution is 5.79. The second-order valence-electron chi connectivity index (χ2n) is 7.52. The number of nitrogens with zero attached hydrogens (tertiary/aromatic N) is 2. The number of ether oxygens (including phenoxy) is 2. The normalized spacial score (nSPS) is 19.9. The van der Waals surface area contributed by atoms with Gasteiger partial charge in [0.25, 0.3) is 0 Å². The van der Waals surface area contributed by atoms with Crippen molar-refractivity contribution in [1.29, 1.82) is 0 Å². The second kappa shape index (κ2) is 8.06. The van der Waals surface area contributed by atoms with E-state index in [2.05, 4.69) is 5.32 Å². The number of hydrogen-bond acceptors (Lipinski definition) is 4. The van der Waals surface area contributed by atoms with Crippen LogP contribution in [0.4, 0.5) is 4.79 Å². The highest BCUT2D eigenvalue weighted by Gasteiger charge is 2.25. The average Bonchev–Trinajstić information content (AvgIpc) is 3.27. The molecule has 2 aliphatic heterocycles. The lowest BCUT2D eigenvalue weighted by Gasteiger charge is -2.24. The molecule has 0 aromatic heterocycles. The van der Waals surface area contributed by atoms with E-state index in [9.17, 15) is 9.59 Å². The fraction of sp³-hybridized carbons (Fsp3) is 0.600. The zero-order valence-corrected chi connectivity index (χ0v) is 15.6. The Morgan fingerprint density at radius 2 is 1.70 bits per heavy atom. The van der Waals surface area contributed by atoms with Crippen molar-refractivity contribution in [3.05, 3.63) is 23.8 Å². The van der Waals surface area contributed by atoms with E-state index >= 15 is 0 Å². The van der Waals surface area contributed by atoms with Crippen molar-refractivity contribution in [2.24, 2.45) is 0 Å². The van der Waals surface area contributed by atoms with E-state index < -0.39 is 0 Å². The molecular formula is C20H27N3O4. The number of rotatable bonds is 3. The van der Waals surface area contributed by atoms with Gasteiger partial charge in [-0.25, -0.2) is 4.79 Å². The maximum absolute atomic E-state index is 12.7. The minimum atomic E-state index is 0.0203. The molecule has 1 saturated heterocycles. The lowest BCUT2D eigenvalue weighted by Crippen LogP contribution is -2.45. The molecule has 1 saturated carbocycles.